The number of carbonyl (C=O) groups is 1. The molecule has 0 aromatic carbocycles. The Morgan fingerprint density at radius 2 is 2.08 bits per heavy atom. The first-order valence-corrected chi connectivity index (χ1v) is 4.16. The molecule has 0 saturated heterocycles. The molecule has 13 heavy (non-hydrogen) atoms. The van der Waals surface area contributed by atoms with Crippen molar-refractivity contribution in [2.75, 3.05) is 6.54 Å². The zero-order valence-electron chi connectivity index (χ0n) is 8.55. The number of hydrogen-bond donors (Lipinski definition) is 2. The lowest BCUT2D eigenvalue weighted by Gasteiger charge is -2.23. The number of ether oxygens (including phenoxy) is 1. The molecule has 0 aromatic heterocycles. The molecule has 76 valence electrons. The standard InChI is InChI=1S/C9H17NO3/c1-5-7(10-6-8(11)12)13-9(2,3)4/h5,10H,6H2,1-4H3,(H,11,12). The van der Waals surface area contributed by atoms with Crippen LogP contribution in [0.4, 0.5) is 0 Å². The van der Waals surface area contributed by atoms with E-state index in [-0.39, 0.29) is 12.1 Å². The molecule has 0 radical (unpaired) electrons. The van der Waals surface area contributed by atoms with Crippen LogP contribution < -0.4 is 5.32 Å². The van der Waals surface area contributed by atoms with E-state index >= 15 is 0 Å². The van der Waals surface area contributed by atoms with Crippen molar-refractivity contribution in [1.82, 2.24) is 5.32 Å². The van der Waals surface area contributed by atoms with Gasteiger partial charge in [-0.25, -0.2) is 0 Å². The lowest BCUT2D eigenvalue weighted by Crippen LogP contribution is -2.29. The Balaban J connectivity index is 4.00. The van der Waals surface area contributed by atoms with E-state index in [1.165, 1.54) is 0 Å². The van der Waals surface area contributed by atoms with E-state index in [1.54, 1.807) is 13.0 Å². The number of allylic oxidation sites excluding steroid dienone is 1. The molecule has 0 bridgehead atoms. The van der Waals surface area contributed by atoms with Gasteiger partial charge in [0.2, 0.25) is 0 Å². The molecule has 4 heteroatoms. The molecule has 0 aliphatic heterocycles. The van der Waals surface area contributed by atoms with Gasteiger partial charge >= 0.3 is 5.97 Å². The molecule has 2 N–H and O–H groups in total. The van der Waals surface area contributed by atoms with Gasteiger partial charge in [-0.05, 0) is 33.8 Å². The number of aliphatic carboxylic acids is 1. The second-order valence-corrected chi connectivity index (χ2v) is 3.61. The van der Waals surface area contributed by atoms with Gasteiger partial charge < -0.3 is 15.2 Å². The Morgan fingerprint density at radius 1 is 1.54 bits per heavy atom. The van der Waals surface area contributed by atoms with E-state index in [0.717, 1.165) is 0 Å². The van der Waals surface area contributed by atoms with Crippen molar-refractivity contribution in [2.24, 2.45) is 0 Å². The molecular formula is C9H17NO3. The predicted octanol–water partition coefficient (Wildman–Crippen LogP) is 1.34. The summed E-state index contributed by atoms with van der Waals surface area (Å²) in [5.41, 5.74) is -0.312. The van der Waals surface area contributed by atoms with Gasteiger partial charge in [-0.2, -0.15) is 0 Å². The third-order valence-corrected chi connectivity index (χ3v) is 1.09. The van der Waals surface area contributed by atoms with Crippen molar-refractivity contribution >= 4 is 5.97 Å². The maximum Gasteiger partial charge on any atom is 0.322 e. The number of carboxylic acids is 1. The quantitative estimate of drug-likeness (QED) is 0.652. The number of hydrogen-bond acceptors (Lipinski definition) is 3. The second-order valence-electron chi connectivity index (χ2n) is 3.61. The van der Waals surface area contributed by atoms with E-state index < -0.39 is 5.97 Å². The van der Waals surface area contributed by atoms with Crippen LogP contribution in [0.2, 0.25) is 0 Å². The summed E-state index contributed by atoms with van der Waals surface area (Å²) in [6, 6.07) is 0. The van der Waals surface area contributed by atoms with Crippen LogP contribution in [0.3, 0.4) is 0 Å². The van der Waals surface area contributed by atoms with Crippen LogP contribution in [-0.2, 0) is 9.53 Å². The van der Waals surface area contributed by atoms with Crippen LogP contribution >= 0.6 is 0 Å². The first-order valence-electron chi connectivity index (χ1n) is 4.16. The summed E-state index contributed by atoms with van der Waals surface area (Å²) in [4.78, 5) is 10.2. The van der Waals surface area contributed by atoms with Crippen molar-refractivity contribution in [2.45, 2.75) is 33.3 Å². The molecule has 0 atom stereocenters. The van der Waals surface area contributed by atoms with Crippen molar-refractivity contribution in [3.8, 4) is 0 Å². The zero-order chi connectivity index (χ0) is 10.5. The maximum absolute atomic E-state index is 10.2. The fourth-order valence-corrected chi connectivity index (χ4v) is 0.690. The highest BCUT2D eigenvalue weighted by molar-refractivity contribution is 5.69. The topological polar surface area (TPSA) is 58.6 Å². The Bertz CT molecular complexity index is 203. The first kappa shape index (κ1) is 11.8. The highest BCUT2D eigenvalue weighted by Gasteiger charge is 2.13. The van der Waals surface area contributed by atoms with Gasteiger partial charge in [0.05, 0.1) is 0 Å². The first-order chi connectivity index (χ1) is 5.85. The Labute approximate surface area is 78.6 Å². The van der Waals surface area contributed by atoms with Crippen LogP contribution in [0.5, 0.6) is 0 Å². The molecule has 0 aliphatic rings. The minimum absolute atomic E-state index is 0.129. The minimum atomic E-state index is -0.906. The normalized spacial score (nSPS) is 12.5. The predicted molar refractivity (Wildman–Crippen MR) is 50.2 cm³/mol. The lowest BCUT2D eigenvalue weighted by molar-refractivity contribution is -0.136. The SMILES string of the molecule is CC=C(NCC(=O)O)OC(C)(C)C. The summed E-state index contributed by atoms with van der Waals surface area (Å²) in [6.45, 7) is 7.36. The highest BCUT2D eigenvalue weighted by Crippen LogP contribution is 2.11. The van der Waals surface area contributed by atoms with Gasteiger partial charge in [0.1, 0.15) is 12.1 Å². The lowest BCUT2D eigenvalue weighted by atomic mass is 10.2. The third kappa shape index (κ3) is 7.18. The minimum Gasteiger partial charge on any atom is -0.480 e. The van der Waals surface area contributed by atoms with Crippen molar-refractivity contribution in [1.29, 1.82) is 0 Å². The number of nitrogens with one attached hydrogen (secondary N) is 1. The van der Waals surface area contributed by atoms with Crippen LogP contribution in [-0.4, -0.2) is 23.2 Å². The van der Waals surface area contributed by atoms with Gasteiger partial charge in [0, 0.05) is 0 Å². The van der Waals surface area contributed by atoms with Gasteiger partial charge in [0.25, 0.3) is 0 Å². The Hall–Kier alpha value is -1.19. The van der Waals surface area contributed by atoms with E-state index in [1.807, 2.05) is 20.8 Å². The maximum atomic E-state index is 10.2. The summed E-state index contributed by atoms with van der Waals surface area (Å²) in [5, 5.41) is 11.1. The monoisotopic (exact) mass is 187 g/mol. The molecule has 0 spiro atoms. The average molecular weight is 187 g/mol. The summed E-state index contributed by atoms with van der Waals surface area (Å²) >= 11 is 0. The number of carboxylic acid groups (broad SMARTS) is 1. The van der Waals surface area contributed by atoms with Gasteiger partial charge in [0.15, 0.2) is 5.88 Å². The van der Waals surface area contributed by atoms with E-state index in [2.05, 4.69) is 5.32 Å². The van der Waals surface area contributed by atoms with Crippen LogP contribution in [0.15, 0.2) is 12.0 Å². The molecule has 0 unspecified atom stereocenters. The van der Waals surface area contributed by atoms with Crippen molar-refractivity contribution < 1.29 is 14.6 Å². The molecule has 0 aliphatic carbocycles. The largest absolute Gasteiger partial charge is 0.480 e. The molecule has 0 heterocycles. The van der Waals surface area contributed by atoms with E-state index in [0.29, 0.717) is 5.88 Å². The number of rotatable bonds is 4. The fourth-order valence-electron chi connectivity index (χ4n) is 0.690. The molecule has 0 amide bonds. The van der Waals surface area contributed by atoms with Crippen LogP contribution in [0, 0.1) is 0 Å². The van der Waals surface area contributed by atoms with Crippen molar-refractivity contribution in [3.05, 3.63) is 12.0 Å². The summed E-state index contributed by atoms with van der Waals surface area (Å²) in [5.74, 6) is -0.410. The highest BCUT2D eigenvalue weighted by atomic mass is 16.5. The van der Waals surface area contributed by atoms with Gasteiger partial charge in [-0.15, -0.1) is 0 Å². The van der Waals surface area contributed by atoms with Gasteiger partial charge in [-0.1, -0.05) is 0 Å². The van der Waals surface area contributed by atoms with Gasteiger partial charge in [-0.3, -0.25) is 4.79 Å². The van der Waals surface area contributed by atoms with Crippen LogP contribution in [0.1, 0.15) is 27.7 Å². The Morgan fingerprint density at radius 3 is 2.38 bits per heavy atom. The molecule has 0 fully saturated rings. The summed E-state index contributed by atoms with van der Waals surface area (Å²) < 4.78 is 5.42. The average Bonchev–Trinajstić information content (AvgIpc) is 1.95. The third-order valence-electron chi connectivity index (χ3n) is 1.09. The zero-order valence-corrected chi connectivity index (χ0v) is 8.55. The molecule has 0 aromatic rings. The molecule has 0 rings (SSSR count). The van der Waals surface area contributed by atoms with Crippen molar-refractivity contribution in [3.63, 3.8) is 0 Å². The second kappa shape index (κ2) is 4.74. The molecule has 4 nitrogen and oxygen atoms in total. The Kier molecular flexibility index (Phi) is 4.31. The molecular weight excluding hydrogens is 170 g/mol. The summed E-state index contributed by atoms with van der Waals surface area (Å²) in [6.07, 6.45) is 1.70. The van der Waals surface area contributed by atoms with E-state index in [4.69, 9.17) is 9.84 Å². The molecule has 0 saturated carbocycles. The smallest absolute Gasteiger partial charge is 0.322 e. The summed E-state index contributed by atoms with van der Waals surface area (Å²) in [7, 11) is 0. The van der Waals surface area contributed by atoms with E-state index in [9.17, 15) is 4.79 Å². The van der Waals surface area contributed by atoms with Crippen LogP contribution in [0.25, 0.3) is 0 Å². The fraction of sp³-hybridized carbons (Fsp3) is 0.667.